The molecule has 4 rings (SSSR count). The molecule has 1 aromatic heterocycles. The molecule has 1 saturated heterocycles. The number of halogens is 1. The Balaban J connectivity index is 0.00000306. The number of rotatable bonds is 6. The van der Waals surface area contributed by atoms with Gasteiger partial charge in [-0.15, -0.1) is 0 Å². The van der Waals surface area contributed by atoms with E-state index in [1.807, 2.05) is 24.8 Å². The van der Waals surface area contributed by atoms with Crippen LogP contribution in [0.3, 0.4) is 0 Å². The van der Waals surface area contributed by atoms with E-state index >= 15 is 0 Å². The van der Waals surface area contributed by atoms with Crippen molar-refractivity contribution in [1.29, 1.82) is 0 Å². The van der Waals surface area contributed by atoms with Crippen molar-refractivity contribution in [2.45, 2.75) is 64.3 Å². The summed E-state index contributed by atoms with van der Waals surface area (Å²) in [6.45, 7) is 8.12. The van der Waals surface area contributed by atoms with Gasteiger partial charge in [0.25, 0.3) is 5.91 Å². The number of anilines is 1. The molecule has 1 fully saturated rings. The molecule has 0 saturated carbocycles. The highest BCUT2D eigenvalue weighted by atomic mass is 19.1. The number of hydrogen-bond donors (Lipinski definition) is 1. The van der Waals surface area contributed by atoms with Crippen molar-refractivity contribution in [2.75, 3.05) is 25.0 Å². The molecule has 0 bridgehead atoms. The summed E-state index contributed by atoms with van der Waals surface area (Å²) in [5.41, 5.74) is 1.73. The highest BCUT2D eigenvalue weighted by Crippen LogP contribution is 2.46. The maximum atomic E-state index is 13.9. The molecular formula is C25H34FN3O3. The summed E-state index contributed by atoms with van der Waals surface area (Å²) in [6, 6.07) is 8.30. The van der Waals surface area contributed by atoms with E-state index in [0.717, 1.165) is 24.2 Å². The van der Waals surface area contributed by atoms with Crippen LogP contribution in [0.1, 0.15) is 70.0 Å². The van der Waals surface area contributed by atoms with E-state index < -0.39 is 5.60 Å². The molecule has 0 unspecified atom stereocenters. The minimum Gasteiger partial charge on any atom is -0.487 e. The Morgan fingerprint density at radius 3 is 2.78 bits per heavy atom. The van der Waals surface area contributed by atoms with Crippen LogP contribution in [0, 0.1) is 5.82 Å². The van der Waals surface area contributed by atoms with Crippen molar-refractivity contribution in [1.82, 2.24) is 9.88 Å². The van der Waals surface area contributed by atoms with Gasteiger partial charge in [-0.05, 0) is 50.6 Å². The summed E-state index contributed by atoms with van der Waals surface area (Å²) in [5.74, 6) is 0.333. The summed E-state index contributed by atoms with van der Waals surface area (Å²) in [5, 5.41) is 3.27. The molecule has 32 heavy (non-hydrogen) atoms. The van der Waals surface area contributed by atoms with Gasteiger partial charge < -0.3 is 19.7 Å². The second-order valence-electron chi connectivity index (χ2n) is 9.00. The predicted molar refractivity (Wildman–Crippen MR) is 124 cm³/mol. The first kappa shape index (κ1) is 22.5. The molecule has 0 radical (unpaired) electrons. The molecule has 2 aliphatic heterocycles. The second kappa shape index (κ2) is 9.45. The van der Waals surface area contributed by atoms with Crippen LogP contribution in [-0.4, -0.2) is 47.1 Å². The number of hydrogen-bond acceptors (Lipinski definition) is 5. The lowest BCUT2D eigenvalue weighted by Crippen LogP contribution is -2.52. The number of benzene rings is 1. The van der Waals surface area contributed by atoms with Crippen molar-refractivity contribution in [3.05, 3.63) is 53.6 Å². The van der Waals surface area contributed by atoms with Gasteiger partial charge in [0.1, 0.15) is 22.9 Å². The third-order valence-corrected chi connectivity index (χ3v) is 6.16. The van der Waals surface area contributed by atoms with Gasteiger partial charge in [0, 0.05) is 45.9 Å². The third kappa shape index (κ3) is 4.88. The Labute approximate surface area is 190 Å². The van der Waals surface area contributed by atoms with Crippen LogP contribution in [0.5, 0.6) is 5.75 Å². The number of piperidine rings is 1. The Hall–Kier alpha value is -2.67. The number of pyridine rings is 1. The molecule has 7 heteroatoms. The maximum Gasteiger partial charge on any atom is 0.272 e. The van der Waals surface area contributed by atoms with Gasteiger partial charge in [-0.1, -0.05) is 6.92 Å². The van der Waals surface area contributed by atoms with Crippen LogP contribution in [0.15, 0.2) is 36.5 Å². The van der Waals surface area contributed by atoms with Gasteiger partial charge in [0.2, 0.25) is 0 Å². The fourth-order valence-electron chi connectivity index (χ4n) is 4.52. The van der Waals surface area contributed by atoms with E-state index in [1.54, 1.807) is 18.3 Å². The number of likely N-dealkylation sites (tertiary alicyclic amines) is 1. The lowest BCUT2D eigenvalue weighted by Gasteiger charge is -2.47. The van der Waals surface area contributed by atoms with Crippen molar-refractivity contribution >= 4 is 11.6 Å². The molecule has 1 spiro atoms. The minimum atomic E-state index is -0.414. The molecule has 2 aromatic rings. The van der Waals surface area contributed by atoms with Gasteiger partial charge >= 0.3 is 0 Å². The smallest absolute Gasteiger partial charge is 0.272 e. The Morgan fingerprint density at radius 2 is 2.12 bits per heavy atom. The largest absolute Gasteiger partial charge is 0.487 e. The van der Waals surface area contributed by atoms with E-state index in [1.165, 1.54) is 12.1 Å². The first-order valence-electron chi connectivity index (χ1n) is 11.5. The molecule has 6 nitrogen and oxygen atoms in total. The van der Waals surface area contributed by atoms with Crippen molar-refractivity contribution in [3.63, 3.8) is 0 Å². The molecule has 0 aliphatic carbocycles. The second-order valence-corrected chi connectivity index (χ2v) is 9.00. The summed E-state index contributed by atoms with van der Waals surface area (Å²) in [6.07, 6.45) is 4.59. The summed E-state index contributed by atoms with van der Waals surface area (Å²) in [7, 11) is 0. The Bertz CT molecular complexity index is 946. The summed E-state index contributed by atoms with van der Waals surface area (Å²) >= 11 is 0. The first-order chi connectivity index (χ1) is 15.4. The fraction of sp³-hybridized carbons (Fsp3) is 0.520. The summed E-state index contributed by atoms with van der Waals surface area (Å²) in [4.78, 5) is 19.2. The van der Waals surface area contributed by atoms with Crippen molar-refractivity contribution in [2.24, 2.45) is 0 Å². The van der Waals surface area contributed by atoms with Gasteiger partial charge in [0.15, 0.2) is 0 Å². The standard InChI is InChI=1S/C25H32FN3O3.H2/c1-4-11-27-19-6-7-21(28-16-19)24(30)29-12-9-25(10-13-29)15-23(31-17(2)3)20-14-18(26)5-8-22(20)32-25;/h5-8,14,16-17,23,27H,4,9-13,15H2,1-3H3;1H/t23-;/m1./s1. The van der Waals surface area contributed by atoms with Crippen LogP contribution >= 0.6 is 0 Å². The number of carbonyl (C=O) groups excluding carboxylic acids is 1. The van der Waals surface area contributed by atoms with Gasteiger partial charge in [-0.2, -0.15) is 0 Å². The monoisotopic (exact) mass is 443 g/mol. The molecular weight excluding hydrogens is 409 g/mol. The average Bonchev–Trinajstić information content (AvgIpc) is 2.78. The van der Waals surface area contributed by atoms with E-state index in [4.69, 9.17) is 9.47 Å². The highest BCUT2D eigenvalue weighted by molar-refractivity contribution is 5.92. The van der Waals surface area contributed by atoms with Crippen LogP contribution < -0.4 is 10.1 Å². The van der Waals surface area contributed by atoms with Gasteiger partial charge in [-0.25, -0.2) is 9.37 Å². The third-order valence-electron chi connectivity index (χ3n) is 6.16. The lowest BCUT2D eigenvalue weighted by molar-refractivity contribution is -0.0874. The normalized spacial score (nSPS) is 19.5. The van der Waals surface area contributed by atoms with E-state index in [9.17, 15) is 9.18 Å². The number of aromatic nitrogens is 1. The zero-order valence-corrected chi connectivity index (χ0v) is 19.1. The number of carbonyl (C=O) groups is 1. The number of amides is 1. The molecule has 1 N–H and O–H groups in total. The minimum absolute atomic E-state index is 0. The average molecular weight is 444 g/mol. The zero-order valence-electron chi connectivity index (χ0n) is 19.1. The van der Waals surface area contributed by atoms with Crippen molar-refractivity contribution < 1.29 is 20.1 Å². The first-order valence-corrected chi connectivity index (χ1v) is 11.5. The number of nitrogens with one attached hydrogen (secondary N) is 1. The predicted octanol–water partition coefficient (Wildman–Crippen LogP) is 5.21. The quantitative estimate of drug-likeness (QED) is 0.664. The Kier molecular flexibility index (Phi) is 6.65. The van der Waals surface area contributed by atoms with Crippen LogP contribution in [-0.2, 0) is 4.74 Å². The molecule has 174 valence electrons. The molecule has 1 atom stereocenters. The zero-order chi connectivity index (χ0) is 22.7. The van der Waals surface area contributed by atoms with Crippen LogP contribution in [0.25, 0.3) is 0 Å². The molecule has 1 amide bonds. The Morgan fingerprint density at radius 1 is 1.34 bits per heavy atom. The summed E-state index contributed by atoms with van der Waals surface area (Å²) < 4.78 is 26.4. The lowest BCUT2D eigenvalue weighted by atomic mass is 9.81. The van der Waals surface area contributed by atoms with Crippen LogP contribution in [0.4, 0.5) is 10.1 Å². The highest BCUT2D eigenvalue weighted by Gasteiger charge is 2.45. The van der Waals surface area contributed by atoms with E-state index in [0.29, 0.717) is 43.8 Å². The van der Waals surface area contributed by atoms with E-state index in [-0.39, 0.29) is 25.4 Å². The van der Waals surface area contributed by atoms with Gasteiger partial charge in [0.05, 0.1) is 24.1 Å². The topological polar surface area (TPSA) is 63.7 Å². The maximum absolute atomic E-state index is 13.9. The number of nitrogens with zero attached hydrogens (tertiary/aromatic N) is 2. The fourth-order valence-corrected chi connectivity index (χ4v) is 4.52. The van der Waals surface area contributed by atoms with Gasteiger partial charge in [-0.3, -0.25) is 4.79 Å². The molecule has 3 heterocycles. The number of ether oxygens (including phenoxy) is 2. The molecule has 2 aliphatic rings. The van der Waals surface area contributed by atoms with E-state index in [2.05, 4.69) is 17.2 Å². The van der Waals surface area contributed by atoms with Crippen LogP contribution in [0.2, 0.25) is 0 Å². The SMILES string of the molecule is CCCNc1ccc(C(=O)N2CCC3(CC2)C[C@@H](OC(C)C)c2cc(F)ccc2O3)nc1.[HH]. The molecule has 1 aromatic carbocycles. The number of fused-ring (bicyclic) bond motifs is 1. The van der Waals surface area contributed by atoms with Crippen molar-refractivity contribution in [3.8, 4) is 5.75 Å².